The van der Waals surface area contributed by atoms with Crippen molar-refractivity contribution in [2.75, 3.05) is 0 Å². The van der Waals surface area contributed by atoms with Gasteiger partial charge in [0.1, 0.15) is 0 Å². The largest absolute Gasteiger partial charge is 0.416 e. The van der Waals surface area contributed by atoms with Gasteiger partial charge < -0.3 is 0 Å². The van der Waals surface area contributed by atoms with Crippen LogP contribution in [0.4, 0.5) is 18.9 Å². The first-order valence-electron chi connectivity index (χ1n) is 5.43. The molecule has 0 aromatic heterocycles. The molecule has 2 rings (SSSR count). The highest BCUT2D eigenvalue weighted by Crippen LogP contribution is 2.30. The first kappa shape index (κ1) is 13.6. The van der Waals surface area contributed by atoms with Crippen molar-refractivity contribution in [3.8, 4) is 0 Å². The highest BCUT2D eigenvalue weighted by Gasteiger charge is 2.29. The maximum atomic E-state index is 12.4. The van der Waals surface area contributed by atoms with Gasteiger partial charge in [0.2, 0.25) is 0 Å². The number of halogens is 4. The van der Waals surface area contributed by atoms with Crippen molar-refractivity contribution in [2.24, 2.45) is 4.99 Å². The molecule has 0 fully saturated rings. The average molecular weight is 284 g/mol. The van der Waals surface area contributed by atoms with Crippen LogP contribution in [0.5, 0.6) is 0 Å². The molecule has 0 heterocycles. The molecule has 0 radical (unpaired) electrons. The van der Waals surface area contributed by atoms with Gasteiger partial charge in [-0.1, -0.05) is 29.8 Å². The SMILES string of the molecule is FC(F)(F)c1ccc(/N=C/c2ccccc2Cl)cc1. The smallest absolute Gasteiger partial charge is 0.256 e. The Hall–Kier alpha value is -1.81. The van der Waals surface area contributed by atoms with Crippen molar-refractivity contribution in [3.05, 3.63) is 64.7 Å². The summed E-state index contributed by atoms with van der Waals surface area (Å²) in [5.74, 6) is 0. The Morgan fingerprint density at radius 2 is 1.58 bits per heavy atom. The summed E-state index contributed by atoms with van der Waals surface area (Å²) >= 11 is 5.94. The van der Waals surface area contributed by atoms with Crippen LogP contribution in [0.15, 0.2) is 53.5 Å². The Bertz CT molecular complexity index is 588. The third-order valence-corrected chi connectivity index (χ3v) is 2.80. The Labute approximate surface area is 113 Å². The van der Waals surface area contributed by atoms with E-state index in [1.807, 2.05) is 0 Å². The minimum absolute atomic E-state index is 0.438. The summed E-state index contributed by atoms with van der Waals surface area (Å²) in [5, 5.41) is 0.540. The van der Waals surface area contributed by atoms with Gasteiger partial charge in [0.15, 0.2) is 0 Å². The predicted octanol–water partition coefficient (Wildman–Crippen LogP) is 5.11. The van der Waals surface area contributed by atoms with Crippen LogP contribution < -0.4 is 0 Å². The highest BCUT2D eigenvalue weighted by molar-refractivity contribution is 6.33. The molecule has 19 heavy (non-hydrogen) atoms. The van der Waals surface area contributed by atoms with Crippen LogP contribution in [0.2, 0.25) is 5.02 Å². The minimum Gasteiger partial charge on any atom is -0.256 e. The lowest BCUT2D eigenvalue weighted by molar-refractivity contribution is -0.137. The molecule has 0 saturated heterocycles. The van der Waals surface area contributed by atoms with Gasteiger partial charge >= 0.3 is 6.18 Å². The van der Waals surface area contributed by atoms with Crippen molar-refractivity contribution >= 4 is 23.5 Å². The number of hydrogen-bond donors (Lipinski definition) is 0. The van der Waals surface area contributed by atoms with E-state index in [2.05, 4.69) is 4.99 Å². The molecular weight excluding hydrogens is 275 g/mol. The molecule has 0 aliphatic heterocycles. The standard InChI is InChI=1S/C14H9ClF3N/c15-13-4-2-1-3-10(13)9-19-12-7-5-11(6-8-12)14(16,17)18/h1-9H/b19-9+. The summed E-state index contributed by atoms with van der Waals surface area (Å²) in [4.78, 5) is 4.08. The van der Waals surface area contributed by atoms with Gasteiger partial charge in [-0.15, -0.1) is 0 Å². The highest BCUT2D eigenvalue weighted by atomic mass is 35.5. The lowest BCUT2D eigenvalue weighted by Gasteiger charge is -2.05. The van der Waals surface area contributed by atoms with E-state index < -0.39 is 11.7 Å². The third kappa shape index (κ3) is 3.58. The number of benzene rings is 2. The van der Waals surface area contributed by atoms with E-state index in [4.69, 9.17) is 11.6 Å². The summed E-state index contributed by atoms with van der Waals surface area (Å²) in [6.07, 6.45) is -2.81. The Morgan fingerprint density at radius 3 is 2.16 bits per heavy atom. The second-order valence-electron chi connectivity index (χ2n) is 3.82. The van der Waals surface area contributed by atoms with Crippen LogP contribution in [0.1, 0.15) is 11.1 Å². The Kier molecular flexibility index (Phi) is 3.90. The number of alkyl halides is 3. The molecule has 0 N–H and O–H groups in total. The van der Waals surface area contributed by atoms with Gasteiger partial charge in [0.25, 0.3) is 0 Å². The maximum Gasteiger partial charge on any atom is 0.416 e. The molecule has 0 saturated carbocycles. The molecule has 5 heteroatoms. The van der Waals surface area contributed by atoms with Crippen LogP contribution >= 0.6 is 11.6 Å². The molecule has 0 atom stereocenters. The molecule has 98 valence electrons. The second-order valence-corrected chi connectivity index (χ2v) is 4.23. The first-order chi connectivity index (χ1) is 8.97. The lowest BCUT2D eigenvalue weighted by Crippen LogP contribution is -2.03. The monoisotopic (exact) mass is 283 g/mol. The Morgan fingerprint density at radius 1 is 0.947 bits per heavy atom. The first-order valence-corrected chi connectivity index (χ1v) is 5.80. The van der Waals surface area contributed by atoms with Crippen molar-refractivity contribution in [1.82, 2.24) is 0 Å². The molecule has 0 spiro atoms. The maximum absolute atomic E-state index is 12.4. The zero-order valence-electron chi connectivity index (χ0n) is 9.66. The molecule has 2 aromatic carbocycles. The number of hydrogen-bond acceptors (Lipinski definition) is 1. The quantitative estimate of drug-likeness (QED) is 0.679. The fourth-order valence-corrected chi connectivity index (χ4v) is 1.64. The Balaban J connectivity index is 2.19. The van der Waals surface area contributed by atoms with Crippen LogP contribution in [-0.2, 0) is 6.18 Å². The van der Waals surface area contributed by atoms with Gasteiger partial charge in [0.05, 0.1) is 11.3 Å². The van der Waals surface area contributed by atoms with E-state index in [1.54, 1.807) is 24.3 Å². The van der Waals surface area contributed by atoms with Crippen LogP contribution in [0.3, 0.4) is 0 Å². The van der Waals surface area contributed by atoms with Crippen molar-refractivity contribution in [3.63, 3.8) is 0 Å². The van der Waals surface area contributed by atoms with Crippen LogP contribution in [0, 0.1) is 0 Å². The van der Waals surface area contributed by atoms with Crippen molar-refractivity contribution in [1.29, 1.82) is 0 Å². The van der Waals surface area contributed by atoms with E-state index in [0.29, 0.717) is 16.3 Å². The fraction of sp³-hybridized carbons (Fsp3) is 0.0714. The number of rotatable bonds is 2. The molecule has 0 aliphatic rings. The van der Waals surface area contributed by atoms with Crippen molar-refractivity contribution < 1.29 is 13.2 Å². The van der Waals surface area contributed by atoms with E-state index in [0.717, 1.165) is 12.1 Å². The lowest BCUT2D eigenvalue weighted by atomic mass is 10.2. The molecule has 0 aliphatic carbocycles. The molecule has 0 bridgehead atoms. The normalized spacial score (nSPS) is 12.0. The summed E-state index contributed by atoms with van der Waals surface area (Å²) < 4.78 is 37.1. The van der Waals surface area contributed by atoms with E-state index in [1.165, 1.54) is 18.3 Å². The average Bonchev–Trinajstić information content (AvgIpc) is 2.37. The number of nitrogens with zero attached hydrogens (tertiary/aromatic N) is 1. The van der Waals surface area contributed by atoms with E-state index in [-0.39, 0.29) is 0 Å². The summed E-state index contributed by atoms with van der Waals surface area (Å²) in [6, 6.07) is 11.7. The minimum atomic E-state index is -4.33. The van der Waals surface area contributed by atoms with Gasteiger partial charge in [-0.05, 0) is 30.3 Å². The topological polar surface area (TPSA) is 12.4 Å². The van der Waals surface area contributed by atoms with Gasteiger partial charge in [-0.3, -0.25) is 4.99 Å². The zero-order valence-corrected chi connectivity index (χ0v) is 10.4. The third-order valence-electron chi connectivity index (χ3n) is 2.45. The number of aliphatic imine (C=N–C) groups is 1. The van der Waals surface area contributed by atoms with Crippen molar-refractivity contribution in [2.45, 2.75) is 6.18 Å². The van der Waals surface area contributed by atoms with E-state index >= 15 is 0 Å². The summed E-state index contributed by atoms with van der Waals surface area (Å²) in [7, 11) is 0. The fourth-order valence-electron chi connectivity index (χ4n) is 1.46. The molecular formula is C14H9ClF3N. The zero-order chi connectivity index (χ0) is 13.9. The summed E-state index contributed by atoms with van der Waals surface area (Å²) in [6.45, 7) is 0. The molecule has 2 aromatic rings. The van der Waals surface area contributed by atoms with Gasteiger partial charge in [-0.2, -0.15) is 13.2 Å². The molecule has 0 amide bonds. The van der Waals surface area contributed by atoms with Crippen LogP contribution in [-0.4, -0.2) is 6.21 Å². The van der Waals surface area contributed by atoms with Gasteiger partial charge in [-0.25, -0.2) is 0 Å². The predicted molar refractivity (Wildman–Crippen MR) is 70.2 cm³/mol. The van der Waals surface area contributed by atoms with Crippen LogP contribution in [0.25, 0.3) is 0 Å². The molecule has 1 nitrogen and oxygen atoms in total. The van der Waals surface area contributed by atoms with Gasteiger partial charge in [0, 0.05) is 16.8 Å². The second kappa shape index (κ2) is 5.45. The summed E-state index contributed by atoms with van der Waals surface area (Å²) in [5.41, 5.74) is 0.459. The molecule has 0 unspecified atom stereocenters. The van der Waals surface area contributed by atoms with E-state index in [9.17, 15) is 13.2 Å².